The highest BCUT2D eigenvalue weighted by molar-refractivity contribution is 6.03. The minimum atomic E-state index is -0.232. The fraction of sp³-hybridized carbons (Fsp3) is 0.471. The van der Waals surface area contributed by atoms with Crippen molar-refractivity contribution in [3.8, 4) is 0 Å². The second-order valence-corrected chi connectivity index (χ2v) is 5.51. The SMILES string of the molecule is CCN(CC)C12CC=CC1C(c1ccccc1)C2=O. The van der Waals surface area contributed by atoms with Gasteiger partial charge in [-0.2, -0.15) is 0 Å². The first kappa shape index (κ1) is 12.6. The summed E-state index contributed by atoms with van der Waals surface area (Å²) >= 11 is 0. The number of Topliss-reactive ketones (excluding diaryl/α,β-unsaturated/α-hetero) is 1. The standard InChI is InChI=1S/C17H21NO/c1-3-18(4-2)17-12-8-11-14(17)15(16(17)19)13-9-6-5-7-10-13/h5-11,14-15H,3-4,12H2,1-2H3. The van der Waals surface area contributed by atoms with Gasteiger partial charge in [-0.05, 0) is 25.1 Å². The van der Waals surface area contributed by atoms with E-state index in [2.05, 4.69) is 43.0 Å². The molecule has 0 heterocycles. The second kappa shape index (κ2) is 4.61. The normalized spacial score (nSPS) is 32.5. The van der Waals surface area contributed by atoms with Crippen molar-refractivity contribution in [2.75, 3.05) is 13.1 Å². The molecule has 0 amide bonds. The van der Waals surface area contributed by atoms with Crippen LogP contribution in [0, 0.1) is 5.92 Å². The molecule has 2 nitrogen and oxygen atoms in total. The number of fused-ring (bicyclic) bond motifs is 1. The van der Waals surface area contributed by atoms with Crippen LogP contribution < -0.4 is 0 Å². The van der Waals surface area contributed by atoms with Crippen LogP contribution in [-0.4, -0.2) is 29.3 Å². The quantitative estimate of drug-likeness (QED) is 0.771. The fourth-order valence-electron chi connectivity index (χ4n) is 3.98. The summed E-state index contributed by atoms with van der Waals surface area (Å²) in [6, 6.07) is 10.2. The first-order chi connectivity index (χ1) is 9.25. The van der Waals surface area contributed by atoms with Crippen molar-refractivity contribution < 1.29 is 4.79 Å². The summed E-state index contributed by atoms with van der Waals surface area (Å²) in [5.41, 5.74) is 0.941. The molecule has 0 spiro atoms. The lowest BCUT2D eigenvalue weighted by Crippen LogP contribution is -2.68. The molecule has 3 atom stereocenters. The van der Waals surface area contributed by atoms with E-state index in [1.54, 1.807) is 0 Å². The van der Waals surface area contributed by atoms with E-state index in [4.69, 9.17) is 0 Å². The molecular formula is C17H21NO. The van der Waals surface area contributed by atoms with Crippen LogP contribution in [-0.2, 0) is 4.79 Å². The summed E-state index contributed by atoms with van der Waals surface area (Å²) in [5.74, 6) is 0.847. The predicted molar refractivity (Wildman–Crippen MR) is 77.1 cm³/mol. The van der Waals surface area contributed by atoms with Gasteiger partial charge in [-0.1, -0.05) is 56.3 Å². The Morgan fingerprint density at radius 1 is 1.21 bits per heavy atom. The van der Waals surface area contributed by atoms with Gasteiger partial charge in [0.1, 0.15) is 0 Å². The Hall–Kier alpha value is -1.41. The van der Waals surface area contributed by atoms with Gasteiger partial charge in [0.2, 0.25) is 0 Å². The molecule has 1 fully saturated rings. The number of hydrogen-bond acceptors (Lipinski definition) is 2. The summed E-state index contributed by atoms with van der Waals surface area (Å²) in [6.07, 6.45) is 5.35. The lowest BCUT2D eigenvalue weighted by molar-refractivity contribution is -0.150. The van der Waals surface area contributed by atoms with Crippen LogP contribution >= 0.6 is 0 Å². The molecule has 1 aromatic carbocycles. The molecule has 0 saturated heterocycles. The monoisotopic (exact) mass is 255 g/mol. The van der Waals surface area contributed by atoms with E-state index in [0.717, 1.165) is 19.5 Å². The lowest BCUT2D eigenvalue weighted by Gasteiger charge is -2.55. The molecule has 2 aliphatic rings. The molecule has 2 heteroatoms. The Morgan fingerprint density at radius 2 is 1.89 bits per heavy atom. The summed E-state index contributed by atoms with van der Waals surface area (Å²) < 4.78 is 0. The number of carbonyl (C=O) groups excluding carboxylic acids is 1. The zero-order valence-electron chi connectivity index (χ0n) is 11.7. The lowest BCUT2D eigenvalue weighted by atomic mass is 9.56. The second-order valence-electron chi connectivity index (χ2n) is 5.51. The average Bonchev–Trinajstić information content (AvgIpc) is 2.82. The Balaban J connectivity index is 1.94. The Bertz CT molecular complexity index is 503. The first-order valence-electron chi connectivity index (χ1n) is 7.26. The maximum absolute atomic E-state index is 12.8. The molecular weight excluding hydrogens is 234 g/mol. The molecule has 100 valence electrons. The third kappa shape index (κ3) is 1.56. The highest BCUT2D eigenvalue weighted by Crippen LogP contribution is 2.55. The van der Waals surface area contributed by atoms with Gasteiger partial charge >= 0.3 is 0 Å². The number of ketones is 1. The van der Waals surface area contributed by atoms with E-state index >= 15 is 0 Å². The van der Waals surface area contributed by atoms with Crippen LogP contribution in [0.15, 0.2) is 42.5 Å². The molecule has 0 N–H and O–H groups in total. The number of benzene rings is 1. The Morgan fingerprint density at radius 3 is 2.53 bits per heavy atom. The molecule has 1 aromatic rings. The number of carbonyl (C=O) groups is 1. The first-order valence-corrected chi connectivity index (χ1v) is 7.26. The van der Waals surface area contributed by atoms with Gasteiger partial charge in [0.05, 0.1) is 11.5 Å². The molecule has 0 bridgehead atoms. The van der Waals surface area contributed by atoms with E-state index in [1.165, 1.54) is 5.56 Å². The average molecular weight is 255 g/mol. The maximum Gasteiger partial charge on any atom is 0.162 e. The van der Waals surface area contributed by atoms with Crippen molar-refractivity contribution in [1.82, 2.24) is 4.90 Å². The van der Waals surface area contributed by atoms with Gasteiger partial charge < -0.3 is 0 Å². The summed E-state index contributed by atoms with van der Waals surface area (Å²) in [7, 11) is 0. The molecule has 0 aliphatic heterocycles. The third-order valence-electron chi connectivity index (χ3n) is 4.88. The van der Waals surface area contributed by atoms with Crippen LogP contribution in [0.4, 0.5) is 0 Å². The van der Waals surface area contributed by atoms with Gasteiger partial charge in [0.15, 0.2) is 5.78 Å². The zero-order valence-corrected chi connectivity index (χ0v) is 11.7. The minimum Gasteiger partial charge on any atom is -0.297 e. The van der Waals surface area contributed by atoms with E-state index in [9.17, 15) is 4.79 Å². The number of likely N-dealkylation sites (N-methyl/N-ethyl adjacent to an activating group) is 1. The van der Waals surface area contributed by atoms with E-state index in [-0.39, 0.29) is 11.5 Å². The molecule has 3 unspecified atom stereocenters. The van der Waals surface area contributed by atoms with Crippen molar-refractivity contribution in [1.29, 1.82) is 0 Å². The van der Waals surface area contributed by atoms with Gasteiger partial charge in [-0.25, -0.2) is 0 Å². The predicted octanol–water partition coefficient (Wildman–Crippen LogP) is 3.01. The molecule has 2 aliphatic carbocycles. The van der Waals surface area contributed by atoms with E-state index in [1.807, 2.05) is 18.2 Å². The third-order valence-corrected chi connectivity index (χ3v) is 4.88. The van der Waals surface area contributed by atoms with Crippen LogP contribution in [0.5, 0.6) is 0 Å². The van der Waals surface area contributed by atoms with Crippen molar-refractivity contribution >= 4 is 5.78 Å². The highest BCUT2D eigenvalue weighted by atomic mass is 16.1. The largest absolute Gasteiger partial charge is 0.297 e. The van der Waals surface area contributed by atoms with E-state index < -0.39 is 0 Å². The topological polar surface area (TPSA) is 20.3 Å². The number of hydrogen-bond donors (Lipinski definition) is 0. The Kier molecular flexibility index (Phi) is 3.06. The van der Waals surface area contributed by atoms with Crippen LogP contribution in [0.3, 0.4) is 0 Å². The van der Waals surface area contributed by atoms with Gasteiger partial charge in [-0.15, -0.1) is 0 Å². The van der Waals surface area contributed by atoms with Crippen LogP contribution in [0.1, 0.15) is 31.7 Å². The number of nitrogens with zero attached hydrogens (tertiary/aromatic N) is 1. The minimum absolute atomic E-state index is 0.0700. The van der Waals surface area contributed by atoms with E-state index in [0.29, 0.717) is 11.7 Å². The molecule has 0 radical (unpaired) electrons. The van der Waals surface area contributed by atoms with Crippen LogP contribution in [0.25, 0.3) is 0 Å². The summed E-state index contributed by atoms with van der Waals surface area (Å²) in [4.78, 5) is 15.2. The molecule has 3 rings (SSSR count). The zero-order chi connectivity index (χ0) is 13.5. The van der Waals surface area contributed by atoms with Crippen molar-refractivity contribution in [3.05, 3.63) is 48.0 Å². The number of rotatable bonds is 4. The van der Waals surface area contributed by atoms with Gasteiger partial charge in [-0.3, -0.25) is 9.69 Å². The van der Waals surface area contributed by atoms with Gasteiger partial charge in [0, 0.05) is 5.92 Å². The van der Waals surface area contributed by atoms with Crippen LogP contribution in [0.2, 0.25) is 0 Å². The molecule has 19 heavy (non-hydrogen) atoms. The smallest absolute Gasteiger partial charge is 0.162 e. The Labute approximate surface area is 115 Å². The van der Waals surface area contributed by atoms with Crippen molar-refractivity contribution in [2.45, 2.75) is 31.7 Å². The van der Waals surface area contributed by atoms with Crippen molar-refractivity contribution in [2.24, 2.45) is 5.92 Å². The van der Waals surface area contributed by atoms with Gasteiger partial charge in [0.25, 0.3) is 0 Å². The molecule has 1 saturated carbocycles. The fourth-order valence-corrected chi connectivity index (χ4v) is 3.98. The summed E-state index contributed by atoms with van der Waals surface area (Å²) in [6.45, 7) is 6.19. The highest BCUT2D eigenvalue weighted by Gasteiger charge is 2.64. The van der Waals surface area contributed by atoms with Crippen molar-refractivity contribution in [3.63, 3.8) is 0 Å². The maximum atomic E-state index is 12.8. The molecule has 0 aromatic heterocycles. The summed E-state index contributed by atoms with van der Waals surface area (Å²) in [5, 5.41) is 0.